The third-order valence-electron chi connectivity index (χ3n) is 1.66. The minimum Gasteiger partial charge on any atom is -0.461 e. The maximum absolute atomic E-state index is 12.6. The predicted octanol–water partition coefficient (Wildman–Crippen LogP) is 3.56. The summed E-state index contributed by atoms with van der Waals surface area (Å²) in [5, 5.41) is 0. The smallest absolute Gasteiger partial charge is 0.358 e. The van der Waals surface area contributed by atoms with Crippen LogP contribution in [0.15, 0.2) is 10.7 Å². The number of alkyl halides is 2. The zero-order valence-corrected chi connectivity index (χ0v) is 11.9. The lowest BCUT2D eigenvalue weighted by Crippen LogP contribution is -2.11. The number of esters is 1. The van der Waals surface area contributed by atoms with Crippen molar-refractivity contribution in [2.75, 3.05) is 6.61 Å². The minimum atomic E-state index is -2.65. The third-order valence-corrected chi connectivity index (χ3v) is 3.20. The molecule has 0 radical (unpaired) electrons. The van der Waals surface area contributed by atoms with Crippen molar-refractivity contribution in [3.63, 3.8) is 0 Å². The van der Waals surface area contributed by atoms with Gasteiger partial charge < -0.3 is 4.74 Å². The second kappa shape index (κ2) is 5.85. The molecule has 0 fully saturated rings. The van der Waals surface area contributed by atoms with Crippen LogP contribution in [0.1, 0.15) is 29.4 Å². The molecule has 0 aliphatic rings. The maximum Gasteiger partial charge on any atom is 0.358 e. The molecule has 0 aliphatic heterocycles. The second-order valence-electron chi connectivity index (χ2n) is 2.72. The summed E-state index contributed by atoms with van der Waals surface area (Å²) in [4.78, 5) is 15.3. The van der Waals surface area contributed by atoms with E-state index in [4.69, 9.17) is 4.74 Å². The molecular weight excluding hydrogens is 399 g/mol. The topological polar surface area (TPSA) is 39.2 Å². The molecule has 1 rings (SSSR count). The quantitative estimate of drug-likeness (QED) is 0.438. The number of hydrogen-bond acceptors (Lipinski definition) is 3. The van der Waals surface area contributed by atoms with Crippen LogP contribution < -0.4 is 0 Å². The van der Waals surface area contributed by atoms with Crippen LogP contribution in [-0.2, 0) is 4.74 Å². The van der Waals surface area contributed by atoms with Gasteiger partial charge in [0.05, 0.1) is 10.2 Å². The second-order valence-corrected chi connectivity index (χ2v) is 4.61. The van der Waals surface area contributed by atoms with Crippen molar-refractivity contribution in [3.05, 3.63) is 25.5 Å². The zero-order chi connectivity index (χ0) is 12.3. The average molecular weight is 406 g/mol. The van der Waals surface area contributed by atoms with E-state index in [2.05, 4.69) is 20.9 Å². The van der Waals surface area contributed by atoms with Gasteiger partial charge in [-0.1, -0.05) is 0 Å². The minimum absolute atomic E-state index is 0.0906. The Labute approximate surface area is 113 Å². The SMILES string of the molecule is CCOC(=O)c1nc(Br)cc(C(F)F)c1I. The molecule has 0 spiro atoms. The largest absolute Gasteiger partial charge is 0.461 e. The van der Waals surface area contributed by atoms with Gasteiger partial charge in [0.2, 0.25) is 0 Å². The molecule has 0 amide bonds. The standard InChI is InChI=1S/C9H7BrF2INO2/c1-2-16-9(15)7-6(13)4(8(11)12)3-5(10)14-7/h3,8H,2H2,1H3. The van der Waals surface area contributed by atoms with E-state index in [1.165, 1.54) is 6.07 Å². The fourth-order valence-corrected chi connectivity index (χ4v) is 2.17. The van der Waals surface area contributed by atoms with Gasteiger partial charge in [-0.3, -0.25) is 0 Å². The lowest BCUT2D eigenvalue weighted by atomic mass is 10.2. The van der Waals surface area contributed by atoms with Crippen LogP contribution in [0.3, 0.4) is 0 Å². The Morgan fingerprint density at radius 3 is 2.81 bits per heavy atom. The molecular formula is C9H7BrF2INO2. The Balaban J connectivity index is 3.24. The van der Waals surface area contributed by atoms with Crippen molar-refractivity contribution >= 4 is 44.5 Å². The molecule has 0 N–H and O–H groups in total. The number of rotatable bonds is 3. The lowest BCUT2D eigenvalue weighted by Gasteiger charge is -2.08. The van der Waals surface area contributed by atoms with Crippen molar-refractivity contribution < 1.29 is 18.3 Å². The van der Waals surface area contributed by atoms with Crippen molar-refractivity contribution in [1.29, 1.82) is 0 Å². The number of hydrogen-bond donors (Lipinski definition) is 0. The van der Waals surface area contributed by atoms with E-state index in [1.54, 1.807) is 29.5 Å². The van der Waals surface area contributed by atoms with Gasteiger partial charge in [0, 0.05) is 5.56 Å². The van der Waals surface area contributed by atoms with Crippen molar-refractivity contribution in [2.24, 2.45) is 0 Å². The molecule has 0 aromatic carbocycles. The molecule has 1 aromatic rings. The number of pyridine rings is 1. The van der Waals surface area contributed by atoms with Gasteiger partial charge in [-0.2, -0.15) is 0 Å². The number of carbonyl (C=O) groups excluding carboxylic acids is 1. The van der Waals surface area contributed by atoms with Gasteiger partial charge in [-0.25, -0.2) is 18.6 Å². The Hall–Kier alpha value is -0.310. The Kier molecular flexibility index (Phi) is 5.03. The van der Waals surface area contributed by atoms with Crippen LogP contribution >= 0.6 is 38.5 Å². The summed E-state index contributed by atoms with van der Waals surface area (Å²) in [5.41, 5.74) is -0.322. The first kappa shape index (κ1) is 13.8. The van der Waals surface area contributed by atoms with E-state index < -0.39 is 12.4 Å². The summed E-state index contributed by atoms with van der Waals surface area (Å²) in [7, 11) is 0. The van der Waals surface area contributed by atoms with Gasteiger partial charge in [0.15, 0.2) is 5.69 Å². The molecule has 0 atom stereocenters. The van der Waals surface area contributed by atoms with Crippen LogP contribution in [0.2, 0.25) is 0 Å². The van der Waals surface area contributed by atoms with Crippen LogP contribution in [0.4, 0.5) is 8.78 Å². The first-order chi connectivity index (χ1) is 7.47. The Morgan fingerprint density at radius 1 is 1.69 bits per heavy atom. The fraction of sp³-hybridized carbons (Fsp3) is 0.333. The molecule has 1 aromatic heterocycles. The first-order valence-corrected chi connectivity index (χ1v) is 6.15. The number of nitrogens with zero attached hydrogens (tertiary/aromatic N) is 1. The summed E-state index contributed by atoms with van der Waals surface area (Å²) in [6.45, 7) is 1.81. The van der Waals surface area contributed by atoms with Crippen LogP contribution in [0, 0.1) is 3.57 Å². The predicted molar refractivity (Wildman–Crippen MR) is 65.6 cm³/mol. The van der Waals surface area contributed by atoms with Crippen molar-refractivity contribution in [3.8, 4) is 0 Å². The number of ether oxygens (including phenoxy) is 1. The summed E-state index contributed by atoms with van der Waals surface area (Å²) in [5.74, 6) is -0.699. The summed E-state index contributed by atoms with van der Waals surface area (Å²) >= 11 is 4.64. The van der Waals surface area contributed by atoms with Gasteiger partial charge in [0.25, 0.3) is 6.43 Å². The molecule has 1 heterocycles. The summed E-state index contributed by atoms with van der Waals surface area (Å²) in [6, 6.07) is 1.19. The monoisotopic (exact) mass is 405 g/mol. The average Bonchev–Trinajstić information content (AvgIpc) is 2.20. The molecule has 0 saturated carbocycles. The van der Waals surface area contributed by atoms with Gasteiger partial charge in [-0.15, -0.1) is 0 Å². The highest BCUT2D eigenvalue weighted by molar-refractivity contribution is 14.1. The van der Waals surface area contributed by atoms with Crippen LogP contribution in [0.5, 0.6) is 0 Å². The van der Waals surface area contributed by atoms with Crippen LogP contribution in [-0.4, -0.2) is 17.6 Å². The third kappa shape index (κ3) is 3.09. The highest BCUT2D eigenvalue weighted by Gasteiger charge is 2.21. The number of halogens is 4. The first-order valence-electron chi connectivity index (χ1n) is 4.28. The normalized spacial score (nSPS) is 10.6. The molecule has 0 bridgehead atoms. The lowest BCUT2D eigenvalue weighted by molar-refractivity contribution is 0.0517. The Bertz CT molecular complexity index is 415. The van der Waals surface area contributed by atoms with E-state index >= 15 is 0 Å². The summed E-state index contributed by atoms with van der Waals surface area (Å²) in [6.07, 6.45) is -2.65. The molecule has 0 saturated heterocycles. The van der Waals surface area contributed by atoms with Gasteiger partial charge in [0.1, 0.15) is 4.60 Å². The van der Waals surface area contributed by atoms with Crippen LogP contribution in [0.25, 0.3) is 0 Å². The van der Waals surface area contributed by atoms with Gasteiger partial charge in [-0.05, 0) is 51.5 Å². The zero-order valence-electron chi connectivity index (χ0n) is 8.14. The highest BCUT2D eigenvalue weighted by Crippen LogP contribution is 2.28. The summed E-state index contributed by atoms with van der Waals surface area (Å²) < 4.78 is 30.3. The van der Waals surface area contributed by atoms with Crippen molar-refractivity contribution in [1.82, 2.24) is 4.98 Å². The highest BCUT2D eigenvalue weighted by atomic mass is 127. The van der Waals surface area contributed by atoms with E-state index in [9.17, 15) is 13.6 Å². The van der Waals surface area contributed by atoms with Gasteiger partial charge >= 0.3 is 5.97 Å². The molecule has 0 aliphatic carbocycles. The molecule has 0 unspecified atom stereocenters. The number of carbonyl (C=O) groups is 1. The maximum atomic E-state index is 12.6. The molecule has 16 heavy (non-hydrogen) atoms. The molecule has 3 nitrogen and oxygen atoms in total. The van der Waals surface area contributed by atoms with E-state index in [0.29, 0.717) is 0 Å². The number of aromatic nitrogens is 1. The Morgan fingerprint density at radius 2 is 2.31 bits per heavy atom. The van der Waals surface area contributed by atoms with E-state index in [1.807, 2.05) is 0 Å². The van der Waals surface area contributed by atoms with E-state index in [-0.39, 0.29) is 26.0 Å². The van der Waals surface area contributed by atoms with Crippen molar-refractivity contribution in [2.45, 2.75) is 13.3 Å². The van der Waals surface area contributed by atoms with E-state index in [0.717, 1.165) is 0 Å². The fourth-order valence-electron chi connectivity index (χ4n) is 1.01. The molecule has 7 heteroatoms. The molecule has 88 valence electrons.